The molecular formula is C22H28NO2P. The van der Waals surface area contributed by atoms with Crippen LogP contribution in [0.5, 0.6) is 0 Å². The van der Waals surface area contributed by atoms with Crippen molar-refractivity contribution < 1.29 is 9.26 Å². The van der Waals surface area contributed by atoms with E-state index in [1.165, 1.54) is 10.6 Å². The van der Waals surface area contributed by atoms with Crippen LogP contribution in [0.2, 0.25) is 0 Å². The first kappa shape index (κ1) is 19.1. The summed E-state index contributed by atoms with van der Waals surface area (Å²) in [5, 5.41) is 2.38. The van der Waals surface area contributed by atoms with Gasteiger partial charge in [-0.1, -0.05) is 81.4 Å². The molecule has 3 rings (SSSR count). The molecule has 0 saturated carbocycles. The summed E-state index contributed by atoms with van der Waals surface area (Å²) in [5.41, 5.74) is -0.501. The van der Waals surface area contributed by atoms with Gasteiger partial charge in [-0.2, -0.15) is 0 Å². The molecule has 0 bridgehead atoms. The maximum Gasteiger partial charge on any atom is 0.216 e. The van der Waals surface area contributed by atoms with Crippen LogP contribution >= 0.6 is 8.15 Å². The molecule has 0 fully saturated rings. The van der Waals surface area contributed by atoms with E-state index < -0.39 is 13.7 Å². The van der Waals surface area contributed by atoms with Crippen molar-refractivity contribution in [1.82, 2.24) is 0 Å². The molecule has 4 heteroatoms. The molecule has 138 valence electrons. The topological polar surface area (TPSA) is 30.8 Å². The standard InChI is InChI=1S/C22H28NO2P/c1-21(2,3)19-16-24-20(23-19)22(4,5)25-26(17-12-8-6-9-13-17)18-14-10-7-11-15-18/h6-15,19H,16H2,1-5H3/t19-/m1/s1. The predicted octanol–water partition coefficient (Wildman–Crippen LogP) is 4.67. The molecule has 2 aromatic carbocycles. The molecule has 0 aromatic heterocycles. The van der Waals surface area contributed by atoms with Gasteiger partial charge in [-0.05, 0) is 19.3 Å². The molecule has 1 aliphatic heterocycles. The van der Waals surface area contributed by atoms with Crippen LogP contribution in [0.15, 0.2) is 65.7 Å². The Bertz CT molecular complexity index is 711. The number of ether oxygens (including phenoxy) is 1. The number of benzene rings is 2. The van der Waals surface area contributed by atoms with Gasteiger partial charge < -0.3 is 9.26 Å². The first-order chi connectivity index (χ1) is 12.3. The van der Waals surface area contributed by atoms with Gasteiger partial charge in [-0.25, -0.2) is 4.99 Å². The fraction of sp³-hybridized carbons (Fsp3) is 0.409. The largest absolute Gasteiger partial charge is 0.477 e. The second kappa shape index (κ2) is 7.50. The van der Waals surface area contributed by atoms with Gasteiger partial charge in [-0.3, -0.25) is 0 Å². The van der Waals surface area contributed by atoms with Crippen LogP contribution in [-0.4, -0.2) is 24.1 Å². The van der Waals surface area contributed by atoms with E-state index in [1.54, 1.807) is 0 Å². The molecule has 2 aromatic rings. The average Bonchev–Trinajstić information content (AvgIpc) is 3.13. The van der Waals surface area contributed by atoms with E-state index >= 15 is 0 Å². The number of hydrogen-bond acceptors (Lipinski definition) is 3. The molecule has 1 heterocycles. The molecular weight excluding hydrogens is 341 g/mol. The van der Waals surface area contributed by atoms with E-state index in [1.807, 2.05) is 12.1 Å². The normalized spacial score (nSPS) is 17.9. The van der Waals surface area contributed by atoms with Gasteiger partial charge in [0, 0.05) is 10.6 Å². The fourth-order valence-electron chi connectivity index (χ4n) is 2.80. The third-order valence-corrected chi connectivity index (χ3v) is 6.64. The summed E-state index contributed by atoms with van der Waals surface area (Å²) in [7, 11) is -0.958. The van der Waals surface area contributed by atoms with Crippen LogP contribution in [-0.2, 0) is 9.26 Å². The lowest BCUT2D eigenvalue weighted by Gasteiger charge is -2.30. The lowest BCUT2D eigenvalue weighted by Crippen LogP contribution is -2.36. The van der Waals surface area contributed by atoms with E-state index in [-0.39, 0.29) is 11.5 Å². The zero-order valence-corrected chi connectivity index (χ0v) is 17.2. The van der Waals surface area contributed by atoms with Gasteiger partial charge in [-0.15, -0.1) is 0 Å². The zero-order valence-electron chi connectivity index (χ0n) is 16.3. The Balaban J connectivity index is 1.89. The summed E-state index contributed by atoms with van der Waals surface area (Å²) in [6.45, 7) is 11.3. The Labute approximate surface area is 158 Å². The van der Waals surface area contributed by atoms with Crippen LogP contribution in [0.4, 0.5) is 0 Å². The first-order valence-corrected chi connectivity index (χ1v) is 10.3. The summed E-state index contributed by atoms with van der Waals surface area (Å²) in [6, 6.07) is 21.0. The predicted molar refractivity (Wildman–Crippen MR) is 111 cm³/mol. The van der Waals surface area contributed by atoms with E-state index in [0.717, 1.165) is 0 Å². The van der Waals surface area contributed by atoms with Crippen LogP contribution < -0.4 is 10.6 Å². The van der Waals surface area contributed by atoms with Crippen LogP contribution in [0.3, 0.4) is 0 Å². The molecule has 0 saturated heterocycles. The molecule has 0 N–H and O–H groups in total. The van der Waals surface area contributed by atoms with E-state index in [2.05, 4.69) is 83.1 Å². The molecule has 0 spiro atoms. The monoisotopic (exact) mass is 369 g/mol. The highest BCUT2D eigenvalue weighted by Gasteiger charge is 2.39. The molecule has 3 nitrogen and oxygen atoms in total. The summed E-state index contributed by atoms with van der Waals surface area (Å²) < 4.78 is 12.6. The Kier molecular flexibility index (Phi) is 5.50. The lowest BCUT2D eigenvalue weighted by atomic mass is 9.88. The Morgan fingerprint density at radius 3 is 1.81 bits per heavy atom. The Morgan fingerprint density at radius 1 is 0.885 bits per heavy atom. The highest BCUT2D eigenvalue weighted by atomic mass is 31.1. The van der Waals surface area contributed by atoms with Crippen molar-refractivity contribution in [3.63, 3.8) is 0 Å². The minimum atomic E-state index is -0.958. The van der Waals surface area contributed by atoms with Crippen LogP contribution in [0.25, 0.3) is 0 Å². The smallest absolute Gasteiger partial charge is 0.216 e. The van der Waals surface area contributed by atoms with Gasteiger partial charge in [0.1, 0.15) is 12.2 Å². The van der Waals surface area contributed by atoms with Gasteiger partial charge in [0.25, 0.3) is 0 Å². The molecule has 1 aliphatic rings. The van der Waals surface area contributed by atoms with Crippen LogP contribution in [0.1, 0.15) is 34.6 Å². The third-order valence-electron chi connectivity index (χ3n) is 4.47. The van der Waals surface area contributed by atoms with Crippen molar-refractivity contribution in [1.29, 1.82) is 0 Å². The molecule has 26 heavy (non-hydrogen) atoms. The second-order valence-corrected chi connectivity index (χ2v) is 10.00. The lowest BCUT2D eigenvalue weighted by molar-refractivity contribution is 0.160. The van der Waals surface area contributed by atoms with Crippen molar-refractivity contribution in [2.45, 2.75) is 46.3 Å². The highest BCUT2D eigenvalue weighted by molar-refractivity contribution is 7.68. The number of rotatable bonds is 5. The SMILES string of the molecule is CC(C)(OP(c1ccccc1)c1ccccc1)C1=N[C@@H](C(C)(C)C)CO1. The summed E-state index contributed by atoms with van der Waals surface area (Å²) in [4.78, 5) is 4.85. The van der Waals surface area contributed by atoms with Gasteiger partial charge in [0.15, 0.2) is 0 Å². The van der Waals surface area contributed by atoms with Crippen molar-refractivity contribution in [3.8, 4) is 0 Å². The minimum absolute atomic E-state index is 0.0847. The second-order valence-electron chi connectivity index (χ2n) is 8.19. The van der Waals surface area contributed by atoms with Gasteiger partial charge in [0.2, 0.25) is 5.90 Å². The maximum absolute atomic E-state index is 6.66. The Hall–Kier alpha value is -1.70. The molecule has 0 amide bonds. The van der Waals surface area contributed by atoms with E-state index in [4.69, 9.17) is 14.3 Å². The molecule has 0 aliphatic carbocycles. The summed E-state index contributed by atoms with van der Waals surface area (Å²) in [5.74, 6) is 0.705. The van der Waals surface area contributed by atoms with Crippen molar-refractivity contribution in [2.75, 3.05) is 6.61 Å². The third kappa shape index (κ3) is 4.34. The molecule has 0 unspecified atom stereocenters. The van der Waals surface area contributed by atoms with Gasteiger partial charge in [0.05, 0.1) is 14.2 Å². The zero-order chi connectivity index (χ0) is 18.8. The van der Waals surface area contributed by atoms with E-state index in [9.17, 15) is 0 Å². The van der Waals surface area contributed by atoms with Crippen LogP contribution in [0, 0.1) is 5.41 Å². The first-order valence-electron chi connectivity index (χ1n) is 9.08. The maximum atomic E-state index is 6.66. The summed E-state index contributed by atoms with van der Waals surface area (Å²) in [6.07, 6.45) is 0. The number of aliphatic imine (C=N–C) groups is 1. The average molecular weight is 369 g/mol. The quantitative estimate of drug-likeness (QED) is 0.717. The highest BCUT2D eigenvalue weighted by Crippen LogP contribution is 2.41. The Morgan fingerprint density at radius 2 is 1.38 bits per heavy atom. The van der Waals surface area contributed by atoms with E-state index in [0.29, 0.717) is 12.5 Å². The van der Waals surface area contributed by atoms with Gasteiger partial charge >= 0.3 is 0 Å². The number of nitrogens with zero attached hydrogens (tertiary/aromatic N) is 1. The van der Waals surface area contributed by atoms with Crippen molar-refractivity contribution in [3.05, 3.63) is 60.7 Å². The fourth-order valence-corrected chi connectivity index (χ4v) is 4.72. The summed E-state index contributed by atoms with van der Waals surface area (Å²) >= 11 is 0. The minimum Gasteiger partial charge on any atom is -0.477 e. The van der Waals surface area contributed by atoms with Crippen molar-refractivity contribution >= 4 is 24.7 Å². The molecule has 1 atom stereocenters. The number of hydrogen-bond donors (Lipinski definition) is 0. The van der Waals surface area contributed by atoms with Crippen molar-refractivity contribution in [2.24, 2.45) is 10.4 Å². The molecule has 0 radical (unpaired) electrons.